The summed E-state index contributed by atoms with van der Waals surface area (Å²) >= 11 is 0. The van der Waals surface area contributed by atoms with E-state index in [1.54, 1.807) is 18.3 Å². The molecule has 0 radical (unpaired) electrons. The number of nitrogens with one attached hydrogen (secondary N) is 2. The first-order chi connectivity index (χ1) is 9.18. The first-order valence-electron chi connectivity index (χ1n) is 5.60. The van der Waals surface area contributed by atoms with Crippen molar-refractivity contribution in [2.24, 2.45) is 0 Å². The summed E-state index contributed by atoms with van der Waals surface area (Å²) in [5.41, 5.74) is 0.983. The average Bonchev–Trinajstić information content (AvgIpc) is 2.32. The van der Waals surface area contributed by atoms with Gasteiger partial charge in [0.2, 0.25) is 10.0 Å². The minimum absolute atomic E-state index is 0.0554. The Bertz CT molecular complexity index is 571. The molecule has 0 aliphatic carbocycles. The van der Waals surface area contributed by atoms with Gasteiger partial charge in [0.25, 0.3) is 0 Å². The molecule has 0 atom stereocenters. The first kappa shape index (κ1) is 16.4. The van der Waals surface area contributed by atoms with Crippen LogP contribution in [-0.2, 0) is 10.0 Å². The lowest BCUT2D eigenvalue weighted by Gasteiger charge is -2.06. The van der Waals surface area contributed by atoms with Crippen molar-refractivity contribution in [1.29, 1.82) is 0 Å². The fourth-order valence-corrected chi connectivity index (χ4v) is 2.05. The second-order valence-electron chi connectivity index (χ2n) is 3.93. The lowest BCUT2D eigenvalue weighted by atomic mass is 10.3. The molecule has 9 heteroatoms. The van der Waals surface area contributed by atoms with E-state index in [9.17, 15) is 21.6 Å². The van der Waals surface area contributed by atoms with Gasteiger partial charge in [0.1, 0.15) is 5.82 Å². The van der Waals surface area contributed by atoms with Crippen molar-refractivity contribution in [1.82, 2.24) is 9.71 Å². The van der Waals surface area contributed by atoms with Gasteiger partial charge in [-0.1, -0.05) is 0 Å². The molecule has 0 saturated heterocycles. The number of rotatable bonds is 6. The summed E-state index contributed by atoms with van der Waals surface area (Å²) in [6.07, 6.45) is -3.39. The molecule has 0 amide bonds. The normalized spacial score (nSPS) is 12.8. The van der Waals surface area contributed by atoms with E-state index in [0.29, 0.717) is 5.82 Å². The third kappa shape index (κ3) is 7.10. The highest BCUT2D eigenvalue weighted by Crippen LogP contribution is 2.16. The number of hydrogen-bond acceptors (Lipinski definition) is 4. The van der Waals surface area contributed by atoms with Gasteiger partial charge in [-0.3, -0.25) is 0 Å². The fraction of sp³-hybridized carbons (Fsp3) is 0.364. The van der Waals surface area contributed by atoms with Crippen LogP contribution in [0.25, 0.3) is 0 Å². The topological polar surface area (TPSA) is 71.1 Å². The molecule has 0 aromatic carbocycles. The molecule has 112 valence electrons. The Morgan fingerprint density at radius 1 is 1.35 bits per heavy atom. The summed E-state index contributed by atoms with van der Waals surface area (Å²) in [5.74, 6) is 0.565. The number of aryl methyl sites for hydroxylation is 1. The Morgan fingerprint density at radius 2 is 2.05 bits per heavy atom. The van der Waals surface area contributed by atoms with Gasteiger partial charge in [-0.05, 0) is 24.6 Å². The van der Waals surface area contributed by atoms with Crippen molar-refractivity contribution in [2.45, 2.75) is 13.1 Å². The van der Waals surface area contributed by atoms with Crippen LogP contribution >= 0.6 is 0 Å². The molecule has 0 aliphatic heterocycles. The van der Waals surface area contributed by atoms with E-state index in [2.05, 4.69) is 10.3 Å². The van der Waals surface area contributed by atoms with E-state index in [4.69, 9.17) is 0 Å². The highest BCUT2D eigenvalue weighted by atomic mass is 32.2. The van der Waals surface area contributed by atoms with Crippen LogP contribution in [0.1, 0.15) is 5.56 Å². The Balaban J connectivity index is 2.39. The van der Waals surface area contributed by atoms with E-state index in [1.807, 2.05) is 11.6 Å². The highest BCUT2D eigenvalue weighted by molar-refractivity contribution is 7.92. The molecular weight excluding hydrogens is 295 g/mol. The van der Waals surface area contributed by atoms with E-state index in [1.165, 1.54) is 0 Å². The fourth-order valence-electron chi connectivity index (χ4n) is 1.23. The Kier molecular flexibility index (Phi) is 5.52. The first-order valence-corrected chi connectivity index (χ1v) is 7.15. The molecule has 1 aromatic rings. The van der Waals surface area contributed by atoms with Crippen molar-refractivity contribution >= 4 is 15.8 Å². The minimum Gasteiger partial charge on any atom is -0.369 e. The Morgan fingerprint density at radius 3 is 2.65 bits per heavy atom. The molecule has 20 heavy (non-hydrogen) atoms. The van der Waals surface area contributed by atoms with E-state index in [0.717, 1.165) is 5.56 Å². The lowest BCUT2D eigenvalue weighted by Crippen LogP contribution is -2.27. The summed E-state index contributed by atoms with van der Waals surface area (Å²) in [4.78, 5) is 3.99. The summed E-state index contributed by atoms with van der Waals surface area (Å²) < 4.78 is 59.9. The predicted molar refractivity (Wildman–Crippen MR) is 69.6 cm³/mol. The molecule has 0 unspecified atom stereocenters. The number of anilines is 1. The molecule has 0 bridgehead atoms. The number of alkyl halides is 3. The molecule has 0 fully saturated rings. The Hall–Kier alpha value is -1.61. The zero-order valence-electron chi connectivity index (χ0n) is 10.6. The molecular formula is C11H14F3N3O2S. The van der Waals surface area contributed by atoms with Gasteiger partial charge in [-0.2, -0.15) is 13.2 Å². The van der Waals surface area contributed by atoms with Gasteiger partial charge in [0.15, 0.2) is 0 Å². The third-order valence-corrected chi connectivity index (χ3v) is 3.19. The standard InChI is InChI=1S/C11H14F3N3O2S/c1-9-2-4-15-10(8-9)16-5-6-17-20(18,19)7-3-11(12,13)14/h2-4,7-8,17H,5-6H2,1H3,(H,15,16). The summed E-state index contributed by atoms with van der Waals surface area (Å²) in [5, 5.41) is 2.94. The number of allylic oxidation sites excluding steroid dienone is 1. The maximum absolute atomic E-state index is 11.8. The van der Waals surface area contributed by atoms with Crippen molar-refractivity contribution < 1.29 is 21.6 Å². The zero-order valence-corrected chi connectivity index (χ0v) is 11.4. The van der Waals surface area contributed by atoms with E-state index >= 15 is 0 Å². The Labute approximate surface area is 115 Å². The SMILES string of the molecule is Cc1ccnc(NCCNS(=O)(=O)C=CC(F)(F)F)c1. The lowest BCUT2D eigenvalue weighted by molar-refractivity contribution is -0.0797. The number of halogens is 3. The second-order valence-corrected chi connectivity index (χ2v) is 5.58. The van der Waals surface area contributed by atoms with Gasteiger partial charge in [-0.15, -0.1) is 0 Å². The molecule has 0 aliphatic rings. The molecule has 1 aromatic heterocycles. The van der Waals surface area contributed by atoms with Crippen LogP contribution in [0, 0.1) is 6.92 Å². The van der Waals surface area contributed by atoms with Crippen molar-refractivity contribution in [3.05, 3.63) is 35.4 Å². The van der Waals surface area contributed by atoms with Crippen LogP contribution < -0.4 is 10.0 Å². The van der Waals surface area contributed by atoms with Gasteiger partial charge in [-0.25, -0.2) is 18.1 Å². The monoisotopic (exact) mass is 309 g/mol. The summed E-state index contributed by atoms with van der Waals surface area (Å²) in [7, 11) is -4.09. The van der Waals surface area contributed by atoms with Crippen LogP contribution in [0.15, 0.2) is 29.8 Å². The molecule has 0 spiro atoms. The van der Waals surface area contributed by atoms with Gasteiger partial charge >= 0.3 is 6.18 Å². The van der Waals surface area contributed by atoms with Gasteiger partial charge in [0, 0.05) is 25.4 Å². The van der Waals surface area contributed by atoms with Gasteiger partial charge in [0.05, 0.1) is 5.41 Å². The smallest absolute Gasteiger partial charge is 0.369 e. The predicted octanol–water partition coefficient (Wildman–Crippen LogP) is 1.80. The second kappa shape index (κ2) is 6.71. The molecule has 2 N–H and O–H groups in total. The van der Waals surface area contributed by atoms with Crippen LogP contribution in [0.4, 0.5) is 19.0 Å². The maximum Gasteiger partial charge on any atom is 0.410 e. The van der Waals surface area contributed by atoms with Gasteiger partial charge < -0.3 is 5.32 Å². The number of sulfonamides is 1. The third-order valence-electron chi connectivity index (χ3n) is 2.09. The number of nitrogens with zero attached hydrogens (tertiary/aromatic N) is 1. The van der Waals surface area contributed by atoms with Crippen LogP contribution in [0.5, 0.6) is 0 Å². The number of hydrogen-bond donors (Lipinski definition) is 2. The molecule has 1 rings (SSSR count). The summed E-state index contributed by atoms with van der Waals surface area (Å²) in [6.45, 7) is 2.02. The number of pyridine rings is 1. The molecule has 0 saturated carbocycles. The maximum atomic E-state index is 11.8. The van der Waals surface area contributed by atoms with Crippen LogP contribution in [0.3, 0.4) is 0 Å². The quantitative estimate of drug-likeness (QED) is 0.786. The van der Waals surface area contributed by atoms with Crippen molar-refractivity contribution in [3.8, 4) is 0 Å². The van der Waals surface area contributed by atoms with Crippen molar-refractivity contribution in [2.75, 3.05) is 18.4 Å². The van der Waals surface area contributed by atoms with E-state index < -0.39 is 16.2 Å². The minimum atomic E-state index is -4.65. The molecule has 5 nitrogen and oxygen atoms in total. The largest absolute Gasteiger partial charge is 0.410 e. The van der Waals surface area contributed by atoms with E-state index in [-0.39, 0.29) is 24.6 Å². The number of aromatic nitrogens is 1. The average molecular weight is 309 g/mol. The van der Waals surface area contributed by atoms with Crippen LogP contribution in [-0.4, -0.2) is 32.7 Å². The van der Waals surface area contributed by atoms with Crippen LogP contribution in [0.2, 0.25) is 0 Å². The zero-order chi connectivity index (χ0) is 15.2. The summed E-state index contributed by atoms with van der Waals surface area (Å²) in [6, 6.07) is 3.56. The van der Waals surface area contributed by atoms with Crippen molar-refractivity contribution in [3.63, 3.8) is 0 Å². The highest BCUT2D eigenvalue weighted by Gasteiger charge is 2.23. The molecule has 1 heterocycles.